The molecule has 1 aromatic carbocycles. The minimum absolute atomic E-state index is 0.635. The Morgan fingerprint density at radius 2 is 1.74 bits per heavy atom. The van der Waals surface area contributed by atoms with Gasteiger partial charge in [-0.3, -0.25) is 5.10 Å². The molecule has 0 atom stereocenters. The van der Waals surface area contributed by atoms with Crippen molar-refractivity contribution in [3.63, 3.8) is 0 Å². The number of benzene rings is 1. The number of rotatable bonds is 7. The van der Waals surface area contributed by atoms with Crippen LogP contribution in [0.25, 0.3) is 11.4 Å². The number of nitrogens with zero attached hydrogens (tertiary/aromatic N) is 5. The van der Waals surface area contributed by atoms with Crippen LogP contribution < -0.4 is 10.2 Å². The number of H-pyrrole nitrogens is 1. The molecule has 7 nitrogen and oxygen atoms in total. The maximum atomic E-state index is 6.01. The van der Waals surface area contributed by atoms with Crippen LogP contribution in [0.3, 0.4) is 0 Å². The maximum Gasteiger partial charge on any atom is 0.163 e. The molecule has 0 aliphatic heterocycles. The summed E-state index contributed by atoms with van der Waals surface area (Å²) >= 11 is 6.01. The molecule has 3 rings (SSSR count). The van der Waals surface area contributed by atoms with E-state index in [1.165, 1.54) is 0 Å². The van der Waals surface area contributed by atoms with Gasteiger partial charge in [-0.25, -0.2) is 9.97 Å². The molecule has 0 aliphatic carbocycles. The summed E-state index contributed by atoms with van der Waals surface area (Å²) in [4.78, 5) is 13.7. The van der Waals surface area contributed by atoms with Gasteiger partial charge in [0.2, 0.25) is 0 Å². The molecule has 2 heterocycles. The van der Waals surface area contributed by atoms with Crippen LogP contribution in [-0.2, 0) is 0 Å². The first kappa shape index (κ1) is 19.1. The summed E-state index contributed by atoms with van der Waals surface area (Å²) in [5, 5.41) is 11.1. The van der Waals surface area contributed by atoms with E-state index in [0.717, 1.165) is 36.0 Å². The van der Waals surface area contributed by atoms with Crippen molar-refractivity contribution < 1.29 is 0 Å². The Morgan fingerprint density at radius 1 is 1.00 bits per heavy atom. The largest absolute Gasteiger partial charge is 0.358 e. The molecular formula is C19H24ClN7. The van der Waals surface area contributed by atoms with Gasteiger partial charge in [0, 0.05) is 48.5 Å². The van der Waals surface area contributed by atoms with Crippen molar-refractivity contribution in [1.82, 2.24) is 25.1 Å². The standard InChI is InChI=1S/C19H24ClN7/c1-13-11-17(25-24-13)21-16-12-18(27(4)10-9-26(2)3)23-19(22-16)14-5-7-15(20)8-6-14/h5-8,11-12H,9-10H2,1-4H3,(H2,21,22,23,24,25). The lowest BCUT2D eigenvalue weighted by atomic mass is 10.2. The third-order valence-corrected chi connectivity index (χ3v) is 4.30. The molecule has 0 saturated heterocycles. The van der Waals surface area contributed by atoms with Crippen molar-refractivity contribution in [3.8, 4) is 11.4 Å². The molecule has 0 saturated carbocycles. The highest BCUT2D eigenvalue weighted by atomic mass is 35.5. The fourth-order valence-corrected chi connectivity index (χ4v) is 2.63. The first-order valence-corrected chi connectivity index (χ1v) is 9.08. The van der Waals surface area contributed by atoms with E-state index in [1.54, 1.807) is 0 Å². The van der Waals surface area contributed by atoms with Crippen molar-refractivity contribution >= 4 is 29.1 Å². The zero-order chi connectivity index (χ0) is 19.4. The number of halogens is 1. The Hall–Kier alpha value is -2.64. The first-order chi connectivity index (χ1) is 12.9. The molecule has 27 heavy (non-hydrogen) atoms. The van der Waals surface area contributed by atoms with E-state index in [2.05, 4.69) is 44.4 Å². The van der Waals surface area contributed by atoms with Crippen LogP contribution in [0.1, 0.15) is 5.69 Å². The van der Waals surface area contributed by atoms with E-state index >= 15 is 0 Å². The maximum absolute atomic E-state index is 6.01. The number of hydrogen-bond donors (Lipinski definition) is 2. The van der Waals surface area contributed by atoms with Crippen LogP contribution in [0.5, 0.6) is 0 Å². The van der Waals surface area contributed by atoms with Gasteiger partial charge in [0.05, 0.1) is 0 Å². The number of hydrogen-bond acceptors (Lipinski definition) is 6. The average molecular weight is 386 g/mol. The molecule has 2 aromatic heterocycles. The molecule has 0 spiro atoms. The third-order valence-electron chi connectivity index (χ3n) is 4.05. The molecule has 0 unspecified atom stereocenters. The summed E-state index contributed by atoms with van der Waals surface area (Å²) in [5.41, 5.74) is 1.89. The van der Waals surface area contributed by atoms with Crippen molar-refractivity contribution in [2.24, 2.45) is 0 Å². The van der Waals surface area contributed by atoms with E-state index < -0.39 is 0 Å². The highest BCUT2D eigenvalue weighted by Crippen LogP contribution is 2.25. The van der Waals surface area contributed by atoms with Gasteiger partial charge in [0.1, 0.15) is 11.6 Å². The first-order valence-electron chi connectivity index (χ1n) is 8.70. The average Bonchev–Trinajstić information content (AvgIpc) is 3.04. The van der Waals surface area contributed by atoms with Gasteiger partial charge in [-0.2, -0.15) is 5.10 Å². The molecule has 0 bridgehead atoms. The molecular weight excluding hydrogens is 362 g/mol. The van der Waals surface area contributed by atoms with Crippen molar-refractivity contribution in [2.75, 3.05) is 44.4 Å². The summed E-state index contributed by atoms with van der Waals surface area (Å²) < 4.78 is 0. The Morgan fingerprint density at radius 3 is 2.37 bits per heavy atom. The van der Waals surface area contributed by atoms with E-state index in [4.69, 9.17) is 16.6 Å². The molecule has 2 N–H and O–H groups in total. The van der Waals surface area contributed by atoms with Crippen LogP contribution in [0.4, 0.5) is 17.5 Å². The second kappa shape index (κ2) is 8.37. The molecule has 0 radical (unpaired) electrons. The quantitative estimate of drug-likeness (QED) is 0.647. The number of aromatic amines is 1. The smallest absolute Gasteiger partial charge is 0.163 e. The normalized spacial score (nSPS) is 11.0. The molecule has 8 heteroatoms. The summed E-state index contributed by atoms with van der Waals surface area (Å²) in [6, 6.07) is 11.4. The Kier molecular flexibility index (Phi) is 5.93. The number of aryl methyl sites for hydroxylation is 1. The van der Waals surface area contributed by atoms with Crippen molar-refractivity contribution in [3.05, 3.63) is 47.1 Å². The Balaban J connectivity index is 1.94. The minimum Gasteiger partial charge on any atom is -0.358 e. The van der Waals surface area contributed by atoms with Crippen molar-refractivity contribution in [2.45, 2.75) is 6.92 Å². The third kappa shape index (κ3) is 5.18. The van der Waals surface area contributed by atoms with Crippen LogP contribution in [-0.4, -0.2) is 59.3 Å². The number of aromatic nitrogens is 4. The van der Waals surface area contributed by atoms with Crippen LogP contribution in [0, 0.1) is 6.92 Å². The number of likely N-dealkylation sites (N-methyl/N-ethyl adjacent to an activating group) is 2. The van der Waals surface area contributed by atoms with Crippen LogP contribution in [0.15, 0.2) is 36.4 Å². The highest BCUT2D eigenvalue weighted by Gasteiger charge is 2.12. The zero-order valence-corrected chi connectivity index (χ0v) is 16.7. The van der Waals surface area contributed by atoms with Crippen LogP contribution in [0.2, 0.25) is 5.02 Å². The van der Waals surface area contributed by atoms with Gasteiger partial charge in [-0.15, -0.1) is 0 Å². The SMILES string of the molecule is Cc1cc(Nc2cc(N(C)CCN(C)C)nc(-c3ccc(Cl)cc3)n2)n[nH]1. The van der Waals surface area contributed by atoms with E-state index in [-0.39, 0.29) is 0 Å². The molecule has 0 amide bonds. The second-order valence-electron chi connectivity index (χ2n) is 6.73. The van der Waals surface area contributed by atoms with Crippen LogP contribution >= 0.6 is 11.6 Å². The van der Waals surface area contributed by atoms with Gasteiger partial charge in [-0.05, 0) is 45.3 Å². The van der Waals surface area contributed by atoms with Gasteiger partial charge in [-0.1, -0.05) is 11.6 Å². The summed E-state index contributed by atoms with van der Waals surface area (Å²) in [5.74, 6) is 2.88. The molecule has 0 fully saturated rings. The van der Waals surface area contributed by atoms with Gasteiger partial charge < -0.3 is 15.1 Å². The lowest BCUT2D eigenvalue weighted by Gasteiger charge is -2.21. The summed E-state index contributed by atoms with van der Waals surface area (Å²) in [6.07, 6.45) is 0. The molecule has 3 aromatic rings. The monoisotopic (exact) mass is 385 g/mol. The van der Waals surface area contributed by atoms with Gasteiger partial charge >= 0.3 is 0 Å². The molecule has 0 aliphatic rings. The summed E-state index contributed by atoms with van der Waals surface area (Å²) in [7, 11) is 6.14. The van der Waals surface area contributed by atoms with Gasteiger partial charge in [0.25, 0.3) is 0 Å². The van der Waals surface area contributed by atoms with E-state index in [9.17, 15) is 0 Å². The second-order valence-corrected chi connectivity index (χ2v) is 7.16. The fraction of sp³-hybridized carbons (Fsp3) is 0.316. The highest BCUT2D eigenvalue weighted by molar-refractivity contribution is 6.30. The van der Waals surface area contributed by atoms with E-state index in [0.29, 0.717) is 16.7 Å². The summed E-state index contributed by atoms with van der Waals surface area (Å²) in [6.45, 7) is 3.74. The predicted molar refractivity (Wildman–Crippen MR) is 111 cm³/mol. The fourth-order valence-electron chi connectivity index (χ4n) is 2.50. The lowest BCUT2D eigenvalue weighted by Crippen LogP contribution is -2.29. The number of nitrogens with one attached hydrogen (secondary N) is 2. The predicted octanol–water partition coefficient (Wildman–Crippen LogP) is 3.57. The number of anilines is 3. The lowest BCUT2D eigenvalue weighted by molar-refractivity contribution is 0.416. The Bertz CT molecular complexity index is 889. The van der Waals surface area contributed by atoms with Gasteiger partial charge in [0.15, 0.2) is 11.6 Å². The van der Waals surface area contributed by atoms with Crippen molar-refractivity contribution in [1.29, 1.82) is 0 Å². The minimum atomic E-state index is 0.635. The topological polar surface area (TPSA) is 73.0 Å². The zero-order valence-electron chi connectivity index (χ0n) is 16.0. The molecule has 142 valence electrons. The Labute approximate surface area is 164 Å². The van der Waals surface area contributed by atoms with E-state index in [1.807, 2.05) is 50.4 Å².